The molecule has 20 heteroatoms. The molecule has 4 N–H and O–H groups in total. The number of rotatable bonds is 20. The number of nitrogens with zero attached hydrogens (tertiary/aromatic N) is 7. The molecule has 66 heavy (non-hydrogen) atoms. The molecule has 1 aliphatic carbocycles. The van der Waals surface area contributed by atoms with Gasteiger partial charge in [0, 0.05) is 55.0 Å². The zero-order valence-electron chi connectivity index (χ0n) is 36.7. The largest absolute Gasteiger partial charge is 0.382 e. The summed E-state index contributed by atoms with van der Waals surface area (Å²) in [4.78, 5) is 68.7. The molecule has 8 rings (SSSR count). The van der Waals surface area contributed by atoms with Gasteiger partial charge in [-0.1, -0.05) is 17.4 Å². The van der Waals surface area contributed by atoms with Gasteiger partial charge in [-0.05, 0) is 82.3 Å². The summed E-state index contributed by atoms with van der Waals surface area (Å²) in [7, 11) is 0. The first kappa shape index (κ1) is 45.9. The number of pyridine rings is 1. The van der Waals surface area contributed by atoms with Crippen LogP contribution in [0.3, 0.4) is 0 Å². The molecule has 3 aliphatic rings. The summed E-state index contributed by atoms with van der Waals surface area (Å²) in [6.45, 7) is 6.49. The maximum atomic E-state index is 13.2. The average molecular weight is 918 g/mol. The second-order valence-corrected chi connectivity index (χ2v) is 17.6. The van der Waals surface area contributed by atoms with Crippen LogP contribution in [0.4, 0.5) is 11.4 Å². The Morgan fingerprint density at radius 1 is 0.894 bits per heavy atom. The number of carbonyl (C=O) groups is 5. The van der Waals surface area contributed by atoms with Gasteiger partial charge in [-0.25, -0.2) is 4.52 Å². The van der Waals surface area contributed by atoms with E-state index in [4.69, 9.17) is 19.2 Å². The zero-order valence-corrected chi connectivity index (χ0v) is 37.5. The summed E-state index contributed by atoms with van der Waals surface area (Å²) in [5.74, 6) is -1.99. The lowest BCUT2D eigenvalue weighted by atomic mass is 9.86. The highest BCUT2D eigenvalue weighted by atomic mass is 32.1. The van der Waals surface area contributed by atoms with Crippen molar-refractivity contribution in [3.05, 3.63) is 76.6 Å². The first-order valence-electron chi connectivity index (χ1n) is 22.2. The third-order valence-corrected chi connectivity index (χ3v) is 12.7. The maximum absolute atomic E-state index is 13.2. The van der Waals surface area contributed by atoms with Gasteiger partial charge in [0.1, 0.15) is 17.1 Å². The molecule has 1 unspecified atom stereocenters. The van der Waals surface area contributed by atoms with Crippen molar-refractivity contribution in [2.45, 2.75) is 82.8 Å². The van der Waals surface area contributed by atoms with Crippen LogP contribution in [0.5, 0.6) is 0 Å². The van der Waals surface area contributed by atoms with E-state index >= 15 is 0 Å². The summed E-state index contributed by atoms with van der Waals surface area (Å²) in [5.41, 5.74) is 5.51. The molecule has 0 spiro atoms. The molecule has 1 aromatic carbocycles. The minimum atomic E-state index is -1.03. The first-order valence-corrected chi connectivity index (χ1v) is 23.0. The molecule has 2 aliphatic heterocycles. The van der Waals surface area contributed by atoms with E-state index in [0.717, 1.165) is 68.8 Å². The number of anilines is 2. The highest BCUT2D eigenvalue weighted by molar-refractivity contribution is 7.14. The van der Waals surface area contributed by atoms with E-state index in [1.54, 1.807) is 46.3 Å². The fourth-order valence-corrected chi connectivity index (χ4v) is 9.41. The molecular weight excluding hydrogens is 867 g/mol. The van der Waals surface area contributed by atoms with Gasteiger partial charge in [0.2, 0.25) is 17.7 Å². The molecule has 2 fully saturated rings. The highest BCUT2D eigenvalue weighted by Crippen LogP contribution is 2.39. The predicted molar refractivity (Wildman–Crippen MR) is 243 cm³/mol. The highest BCUT2D eigenvalue weighted by Gasteiger charge is 2.45. The van der Waals surface area contributed by atoms with Crippen molar-refractivity contribution in [1.82, 2.24) is 40.3 Å². The van der Waals surface area contributed by atoms with E-state index in [-0.39, 0.29) is 60.9 Å². The number of imide groups is 2. The number of benzene rings is 1. The van der Waals surface area contributed by atoms with Gasteiger partial charge in [0.05, 0.1) is 85.0 Å². The van der Waals surface area contributed by atoms with Crippen LogP contribution < -0.4 is 21.3 Å². The lowest BCUT2D eigenvalue weighted by molar-refractivity contribution is -0.136. The van der Waals surface area contributed by atoms with Gasteiger partial charge in [0.25, 0.3) is 11.8 Å². The van der Waals surface area contributed by atoms with Crippen LogP contribution >= 0.6 is 11.3 Å². The van der Waals surface area contributed by atoms with E-state index in [1.165, 1.54) is 0 Å². The standard InChI is InChI=1S/C46H51N11O8S/c1-27(2)51-35-23-36(37-11-10-31-22-28(24-47)25-50-57(31)37)49-26-33(35)44-55-54-43(66-44)29-6-8-30(9-7-29)52-40(59)14-16-63-18-20-65-21-19-64-17-15-48-34-5-3-4-32-41(34)46(62)56(45(32)61)38-12-13-39(58)53-42(38)60/h3-5,10-11,22-23,25-27,29-30,38,48H,6-9,12-21H2,1-2H3,(H,49,51)(H,52,59)(H,53,58,60)/t29-,30-,38?. The van der Waals surface area contributed by atoms with Crippen LogP contribution in [0.1, 0.15) is 96.0 Å². The van der Waals surface area contributed by atoms with Gasteiger partial charge >= 0.3 is 0 Å². The van der Waals surface area contributed by atoms with Crippen molar-refractivity contribution in [2.24, 2.45) is 0 Å². The monoisotopic (exact) mass is 917 g/mol. The number of ether oxygens (including phenoxy) is 3. The van der Waals surface area contributed by atoms with Gasteiger partial charge in [-0.15, -0.1) is 10.2 Å². The van der Waals surface area contributed by atoms with Crippen LogP contribution in [-0.4, -0.2) is 124 Å². The molecule has 0 bridgehead atoms. The number of carbonyl (C=O) groups excluding carboxylic acids is 5. The summed E-state index contributed by atoms with van der Waals surface area (Å²) in [6, 6.07) is 13.9. The predicted octanol–water partition coefficient (Wildman–Crippen LogP) is 4.70. The van der Waals surface area contributed by atoms with E-state index < -0.39 is 29.7 Å². The fraction of sp³-hybridized carbons (Fsp3) is 0.435. The minimum Gasteiger partial charge on any atom is -0.382 e. The first-order chi connectivity index (χ1) is 32.1. The molecule has 1 saturated carbocycles. The Balaban J connectivity index is 0.690. The zero-order chi connectivity index (χ0) is 46.2. The summed E-state index contributed by atoms with van der Waals surface area (Å²) < 4.78 is 18.6. The van der Waals surface area contributed by atoms with Crippen LogP contribution in [0.15, 0.2) is 54.9 Å². The van der Waals surface area contributed by atoms with Gasteiger partial charge in [0.15, 0.2) is 5.01 Å². The number of fused-ring (bicyclic) bond motifs is 2. The second-order valence-electron chi connectivity index (χ2n) is 16.6. The lowest BCUT2D eigenvalue weighted by Gasteiger charge is -2.27. The third kappa shape index (κ3) is 10.6. The van der Waals surface area contributed by atoms with Crippen LogP contribution in [0, 0.1) is 11.3 Å². The Morgan fingerprint density at radius 3 is 2.42 bits per heavy atom. The fourth-order valence-electron chi connectivity index (χ4n) is 8.37. The number of amides is 5. The Labute approximate surface area is 384 Å². The summed E-state index contributed by atoms with van der Waals surface area (Å²) >= 11 is 1.58. The van der Waals surface area contributed by atoms with Crippen molar-refractivity contribution in [1.29, 1.82) is 5.26 Å². The molecule has 5 amide bonds. The Hall–Kier alpha value is -6.66. The SMILES string of the molecule is CC(C)Nc1cc(-c2ccc3cc(C#N)cnn23)ncc1-c1nnc([C@H]2CC[C@H](NC(=O)CCOCCOCCOCCNc3cccc4c3C(=O)N(C3CCC(=O)NC3=O)C4=O)CC2)s1. The van der Waals surface area contributed by atoms with Crippen LogP contribution in [0.25, 0.3) is 27.5 Å². The quantitative estimate of drug-likeness (QED) is 0.0611. The number of aromatic nitrogens is 5. The Bertz CT molecular complexity index is 2650. The molecule has 19 nitrogen and oxygen atoms in total. The molecule has 6 heterocycles. The van der Waals surface area contributed by atoms with Crippen molar-refractivity contribution in [3.8, 4) is 28.0 Å². The summed E-state index contributed by atoms with van der Waals surface area (Å²) in [6.07, 6.45) is 7.27. The molecule has 344 valence electrons. The number of piperidine rings is 1. The normalized spacial score (nSPS) is 18.4. The number of hydrogen-bond acceptors (Lipinski definition) is 16. The smallest absolute Gasteiger partial charge is 0.264 e. The van der Waals surface area contributed by atoms with Crippen molar-refractivity contribution < 1.29 is 38.2 Å². The Morgan fingerprint density at radius 2 is 1.67 bits per heavy atom. The topological polar surface area (TPSA) is 244 Å². The number of nitriles is 1. The average Bonchev–Trinajstić information content (AvgIpc) is 4.03. The van der Waals surface area contributed by atoms with Crippen molar-refractivity contribution >= 4 is 57.8 Å². The Kier molecular flexibility index (Phi) is 14.7. The number of hydrogen-bond donors (Lipinski definition) is 4. The maximum Gasteiger partial charge on any atom is 0.264 e. The van der Waals surface area contributed by atoms with E-state index in [1.807, 2.05) is 24.4 Å². The van der Waals surface area contributed by atoms with E-state index in [0.29, 0.717) is 50.8 Å². The summed E-state index contributed by atoms with van der Waals surface area (Å²) in [5, 5.41) is 36.7. The molecule has 4 aromatic heterocycles. The van der Waals surface area contributed by atoms with Crippen LogP contribution in [-0.2, 0) is 28.6 Å². The van der Waals surface area contributed by atoms with Crippen molar-refractivity contribution in [2.75, 3.05) is 56.8 Å². The molecule has 0 radical (unpaired) electrons. The molecule has 1 atom stereocenters. The van der Waals surface area contributed by atoms with E-state index in [9.17, 15) is 29.2 Å². The lowest BCUT2D eigenvalue weighted by Crippen LogP contribution is -2.54. The van der Waals surface area contributed by atoms with Crippen molar-refractivity contribution in [3.63, 3.8) is 0 Å². The second kappa shape index (κ2) is 21.1. The number of nitrogens with one attached hydrogen (secondary N) is 4. The molecule has 5 aromatic rings. The minimum absolute atomic E-state index is 0.0420. The van der Waals surface area contributed by atoms with E-state index in [2.05, 4.69) is 56.5 Å². The molecular formula is C46H51N11O8S. The molecule has 1 saturated heterocycles. The van der Waals surface area contributed by atoms with Gasteiger partial charge in [-0.2, -0.15) is 10.4 Å². The van der Waals surface area contributed by atoms with Crippen LogP contribution in [0.2, 0.25) is 0 Å². The van der Waals surface area contributed by atoms with Gasteiger partial charge in [-0.3, -0.25) is 39.2 Å². The third-order valence-electron chi connectivity index (χ3n) is 11.6. The van der Waals surface area contributed by atoms with Gasteiger partial charge < -0.3 is 30.2 Å².